The van der Waals surface area contributed by atoms with Crippen molar-refractivity contribution >= 4 is 5.69 Å². The van der Waals surface area contributed by atoms with Gasteiger partial charge in [-0.25, -0.2) is 4.39 Å². The van der Waals surface area contributed by atoms with E-state index in [1.165, 1.54) is 24.0 Å². The second-order valence-electron chi connectivity index (χ2n) is 4.46. The highest BCUT2D eigenvalue weighted by atomic mass is 19.1. The fourth-order valence-corrected chi connectivity index (χ4v) is 2.40. The van der Waals surface area contributed by atoms with Crippen LogP contribution in [-0.2, 0) is 6.42 Å². The maximum atomic E-state index is 13.5. The van der Waals surface area contributed by atoms with E-state index in [-0.39, 0.29) is 5.82 Å². The van der Waals surface area contributed by atoms with E-state index >= 15 is 0 Å². The third-order valence-corrected chi connectivity index (χ3v) is 3.25. The van der Waals surface area contributed by atoms with Gasteiger partial charge in [-0.3, -0.25) is 0 Å². The van der Waals surface area contributed by atoms with Crippen LogP contribution >= 0.6 is 0 Å². The van der Waals surface area contributed by atoms with Crippen molar-refractivity contribution in [2.24, 2.45) is 5.92 Å². The van der Waals surface area contributed by atoms with Crippen molar-refractivity contribution in [3.8, 4) is 0 Å². The van der Waals surface area contributed by atoms with Crippen molar-refractivity contribution in [3.05, 3.63) is 29.1 Å². The molecule has 0 saturated heterocycles. The summed E-state index contributed by atoms with van der Waals surface area (Å²) in [6.07, 6.45) is 3.46. The minimum Gasteiger partial charge on any atom is -0.382 e. The van der Waals surface area contributed by atoms with Gasteiger partial charge in [-0.2, -0.15) is 0 Å². The van der Waals surface area contributed by atoms with Gasteiger partial charge in [0.05, 0.1) is 5.69 Å². The summed E-state index contributed by atoms with van der Waals surface area (Å²) in [5.74, 6) is 0.563. The highest BCUT2D eigenvalue weighted by Gasteiger charge is 2.21. The first kappa shape index (κ1) is 10.5. The van der Waals surface area contributed by atoms with Gasteiger partial charge in [0.25, 0.3) is 0 Å². The molecule has 1 N–H and O–H groups in total. The molecule has 0 bridgehead atoms. The van der Waals surface area contributed by atoms with Gasteiger partial charge in [0, 0.05) is 6.54 Å². The summed E-state index contributed by atoms with van der Waals surface area (Å²) >= 11 is 0. The lowest BCUT2D eigenvalue weighted by atomic mass is 9.88. The van der Waals surface area contributed by atoms with Crippen molar-refractivity contribution in [1.29, 1.82) is 0 Å². The molecule has 1 aromatic rings. The molecular formula is C13H18FN. The van der Waals surface area contributed by atoms with E-state index in [2.05, 4.69) is 19.2 Å². The molecule has 0 aromatic heterocycles. The third-order valence-electron chi connectivity index (χ3n) is 3.25. The summed E-state index contributed by atoms with van der Waals surface area (Å²) in [5.41, 5.74) is 3.13. The van der Waals surface area contributed by atoms with Crippen LogP contribution in [0.1, 0.15) is 30.9 Å². The van der Waals surface area contributed by atoms with E-state index in [9.17, 15) is 4.39 Å². The SMILES string of the molecule is CCCC1CNc2c(F)ccc(C)c2C1. The maximum absolute atomic E-state index is 13.5. The van der Waals surface area contributed by atoms with Crippen molar-refractivity contribution in [2.45, 2.75) is 33.1 Å². The molecule has 1 aromatic carbocycles. The van der Waals surface area contributed by atoms with Crippen LogP contribution in [0.25, 0.3) is 0 Å². The Hall–Kier alpha value is -1.05. The molecule has 1 aliphatic heterocycles. The Kier molecular flexibility index (Phi) is 2.94. The number of fused-ring (bicyclic) bond motifs is 1. The molecule has 0 fully saturated rings. The fourth-order valence-electron chi connectivity index (χ4n) is 2.40. The van der Waals surface area contributed by atoms with Crippen LogP contribution in [0.3, 0.4) is 0 Å². The Labute approximate surface area is 90.7 Å². The smallest absolute Gasteiger partial charge is 0.146 e. The number of rotatable bonds is 2. The van der Waals surface area contributed by atoms with Gasteiger partial charge in [-0.05, 0) is 42.9 Å². The molecule has 0 saturated carbocycles. The van der Waals surface area contributed by atoms with Gasteiger partial charge in [-0.1, -0.05) is 19.4 Å². The molecule has 15 heavy (non-hydrogen) atoms. The van der Waals surface area contributed by atoms with Crippen molar-refractivity contribution < 1.29 is 4.39 Å². The van der Waals surface area contributed by atoms with E-state index < -0.39 is 0 Å². The number of benzene rings is 1. The molecule has 1 heterocycles. The van der Waals surface area contributed by atoms with Crippen LogP contribution in [0, 0.1) is 18.7 Å². The normalized spacial score (nSPS) is 19.5. The second-order valence-corrected chi connectivity index (χ2v) is 4.46. The van der Waals surface area contributed by atoms with Crippen LogP contribution in [0.15, 0.2) is 12.1 Å². The largest absolute Gasteiger partial charge is 0.382 e. The number of hydrogen-bond acceptors (Lipinski definition) is 1. The van der Waals surface area contributed by atoms with Gasteiger partial charge in [0.1, 0.15) is 5.82 Å². The first-order chi connectivity index (χ1) is 7.22. The quantitative estimate of drug-likeness (QED) is 0.782. The number of aryl methyl sites for hydroxylation is 1. The Balaban J connectivity index is 2.28. The summed E-state index contributed by atoms with van der Waals surface area (Å²) < 4.78 is 13.5. The molecule has 2 heteroatoms. The van der Waals surface area contributed by atoms with Gasteiger partial charge >= 0.3 is 0 Å². The molecule has 1 unspecified atom stereocenters. The molecular weight excluding hydrogens is 189 g/mol. The predicted octanol–water partition coefficient (Wildman–Crippen LogP) is 3.52. The van der Waals surface area contributed by atoms with Gasteiger partial charge in [0.2, 0.25) is 0 Å². The fraction of sp³-hybridized carbons (Fsp3) is 0.538. The highest BCUT2D eigenvalue weighted by Crippen LogP contribution is 2.31. The van der Waals surface area contributed by atoms with Crippen LogP contribution in [0.2, 0.25) is 0 Å². The Morgan fingerprint density at radius 1 is 1.47 bits per heavy atom. The summed E-state index contributed by atoms with van der Waals surface area (Å²) in [4.78, 5) is 0. The molecule has 0 radical (unpaired) electrons. The molecule has 1 nitrogen and oxygen atoms in total. The molecule has 0 amide bonds. The van der Waals surface area contributed by atoms with Crippen LogP contribution < -0.4 is 5.32 Å². The second kappa shape index (κ2) is 4.21. The molecule has 82 valence electrons. The molecule has 2 rings (SSSR count). The van der Waals surface area contributed by atoms with Crippen molar-refractivity contribution in [2.75, 3.05) is 11.9 Å². The third kappa shape index (κ3) is 1.99. The average Bonchev–Trinajstić information content (AvgIpc) is 2.24. The minimum atomic E-state index is -0.106. The van der Waals surface area contributed by atoms with Gasteiger partial charge in [0.15, 0.2) is 0 Å². The Morgan fingerprint density at radius 3 is 3.00 bits per heavy atom. The van der Waals surface area contributed by atoms with E-state index in [1.54, 1.807) is 6.07 Å². The maximum Gasteiger partial charge on any atom is 0.146 e. The zero-order valence-electron chi connectivity index (χ0n) is 9.44. The summed E-state index contributed by atoms with van der Waals surface area (Å²) in [7, 11) is 0. The Bertz CT molecular complexity index is 360. The number of hydrogen-bond donors (Lipinski definition) is 1. The Morgan fingerprint density at radius 2 is 2.27 bits per heavy atom. The van der Waals surface area contributed by atoms with E-state index in [1.807, 2.05) is 6.07 Å². The van der Waals surface area contributed by atoms with Crippen LogP contribution in [-0.4, -0.2) is 6.54 Å². The monoisotopic (exact) mass is 207 g/mol. The summed E-state index contributed by atoms with van der Waals surface area (Å²) in [6, 6.07) is 3.44. The first-order valence-electron chi connectivity index (χ1n) is 5.74. The number of nitrogens with one attached hydrogen (secondary N) is 1. The molecule has 0 spiro atoms. The summed E-state index contributed by atoms with van der Waals surface area (Å²) in [5, 5.41) is 3.23. The molecule has 0 aliphatic carbocycles. The van der Waals surface area contributed by atoms with E-state index in [4.69, 9.17) is 0 Å². The first-order valence-corrected chi connectivity index (χ1v) is 5.74. The zero-order valence-corrected chi connectivity index (χ0v) is 9.44. The van der Waals surface area contributed by atoms with Crippen molar-refractivity contribution in [3.63, 3.8) is 0 Å². The highest BCUT2D eigenvalue weighted by molar-refractivity contribution is 5.57. The lowest BCUT2D eigenvalue weighted by Gasteiger charge is -2.27. The molecule has 1 aliphatic rings. The summed E-state index contributed by atoms with van der Waals surface area (Å²) in [6.45, 7) is 5.18. The topological polar surface area (TPSA) is 12.0 Å². The standard InChI is InChI=1S/C13H18FN/c1-3-4-10-7-11-9(2)5-6-12(14)13(11)15-8-10/h5-6,10,15H,3-4,7-8H2,1-2H3. The lowest BCUT2D eigenvalue weighted by Crippen LogP contribution is -2.24. The van der Waals surface area contributed by atoms with Gasteiger partial charge in [-0.15, -0.1) is 0 Å². The average molecular weight is 207 g/mol. The lowest BCUT2D eigenvalue weighted by molar-refractivity contribution is 0.483. The minimum absolute atomic E-state index is 0.106. The van der Waals surface area contributed by atoms with Crippen LogP contribution in [0.4, 0.5) is 10.1 Å². The predicted molar refractivity (Wildman–Crippen MR) is 61.7 cm³/mol. The van der Waals surface area contributed by atoms with E-state index in [0.717, 1.165) is 18.7 Å². The zero-order chi connectivity index (χ0) is 10.8. The van der Waals surface area contributed by atoms with Crippen LogP contribution in [0.5, 0.6) is 0 Å². The van der Waals surface area contributed by atoms with Gasteiger partial charge < -0.3 is 5.32 Å². The molecule has 1 atom stereocenters. The van der Waals surface area contributed by atoms with E-state index in [0.29, 0.717) is 5.92 Å². The van der Waals surface area contributed by atoms with Crippen molar-refractivity contribution in [1.82, 2.24) is 0 Å². The number of anilines is 1. The number of halogens is 1.